The van der Waals surface area contributed by atoms with Gasteiger partial charge >= 0.3 is 0 Å². The number of rotatable bonds is 8. The second-order valence-corrected chi connectivity index (χ2v) is 13.5. The number of aryl methyl sites for hydroxylation is 1. The van der Waals surface area contributed by atoms with Crippen LogP contribution in [0.3, 0.4) is 0 Å². The summed E-state index contributed by atoms with van der Waals surface area (Å²) in [7, 11) is -2.31. The van der Waals surface area contributed by atoms with E-state index in [-0.39, 0.29) is 29.3 Å². The highest BCUT2D eigenvalue weighted by Crippen LogP contribution is 2.44. The molecule has 2 aromatic rings. The van der Waals surface area contributed by atoms with Crippen LogP contribution in [0.15, 0.2) is 40.4 Å². The van der Waals surface area contributed by atoms with E-state index in [1.807, 2.05) is 0 Å². The Balaban J connectivity index is 1.42. The molecule has 2 heterocycles. The third-order valence-corrected chi connectivity index (χ3v) is 10.8. The zero-order chi connectivity index (χ0) is 28.2. The van der Waals surface area contributed by atoms with Gasteiger partial charge in [0.05, 0.1) is 51.3 Å². The van der Waals surface area contributed by atoms with Crippen molar-refractivity contribution in [2.45, 2.75) is 53.7 Å². The van der Waals surface area contributed by atoms with Gasteiger partial charge in [-0.3, -0.25) is 19.3 Å². The number of aliphatic imine (C=N–C) groups is 1. The van der Waals surface area contributed by atoms with E-state index in [0.29, 0.717) is 24.9 Å². The number of carbonyl (C=O) groups excluding carboxylic acids is 2. The summed E-state index contributed by atoms with van der Waals surface area (Å²) in [6, 6.07) is 6.36. The number of sulfone groups is 1. The van der Waals surface area contributed by atoms with Crippen molar-refractivity contribution in [3.63, 3.8) is 0 Å². The normalized spacial score (nSPS) is 25.4. The van der Waals surface area contributed by atoms with Crippen molar-refractivity contribution >= 4 is 40.0 Å². The smallest absolute Gasteiger partial charge is 0.267 e. The number of carbonyl (C=O) groups is 2. The number of amides is 2. The van der Waals surface area contributed by atoms with E-state index in [4.69, 9.17) is 11.6 Å². The van der Waals surface area contributed by atoms with Gasteiger partial charge in [-0.25, -0.2) is 17.2 Å². The third-order valence-electron chi connectivity index (χ3n) is 8.10. The summed E-state index contributed by atoms with van der Waals surface area (Å²) >= 11 is 6.46. The fraction of sp³-hybridized carbons (Fsp3) is 0.538. The molecule has 2 aliphatic carbocycles. The molecule has 9 nitrogen and oxygen atoms in total. The average molecular weight is 582 g/mol. The van der Waals surface area contributed by atoms with Gasteiger partial charge in [0.25, 0.3) is 5.92 Å². The maximum Gasteiger partial charge on any atom is 0.267 e. The van der Waals surface area contributed by atoms with E-state index >= 15 is 0 Å². The van der Waals surface area contributed by atoms with Crippen molar-refractivity contribution in [3.8, 4) is 11.3 Å². The first-order valence-electron chi connectivity index (χ1n) is 12.8. The van der Waals surface area contributed by atoms with Crippen molar-refractivity contribution < 1.29 is 26.8 Å². The van der Waals surface area contributed by atoms with Crippen LogP contribution >= 0.6 is 11.6 Å². The SMILES string of the molecule is C=NCC1(NC(=O)[C@@H]2C[C@@H](S(=O)(=O)c3ccc(-c4ccnn4C)cc3Cl)C[C@H]2C(=O)N2CCC(F)(F)C2)CC1. The monoisotopic (exact) mass is 581 g/mol. The molecular formula is C26H30ClF2N5O4S. The summed E-state index contributed by atoms with van der Waals surface area (Å²) < 4.78 is 57.0. The number of alkyl halides is 2. The van der Waals surface area contributed by atoms with Gasteiger partial charge < -0.3 is 10.2 Å². The van der Waals surface area contributed by atoms with Crippen LogP contribution in [-0.4, -0.2) is 78.0 Å². The van der Waals surface area contributed by atoms with Gasteiger partial charge in [-0.2, -0.15) is 5.10 Å². The van der Waals surface area contributed by atoms with Gasteiger partial charge in [-0.05, 0) is 50.6 Å². The first-order valence-corrected chi connectivity index (χ1v) is 14.7. The molecule has 0 spiro atoms. The Kier molecular flexibility index (Phi) is 7.07. The molecule has 3 aliphatic rings. The number of hydrogen-bond donors (Lipinski definition) is 1. The predicted octanol–water partition coefficient (Wildman–Crippen LogP) is 3.13. The van der Waals surface area contributed by atoms with Crippen molar-refractivity contribution in [3.05, 3.63) is 35.5 Å². The van der Waals surface area contributed by atoms with Gasteiger partial charge in [-0.15, -0.1) is 0 Å². The molecular weight excluding hydrogens is 552 g/mol. The molecule has 3 atom stereocenters. The molecule has 0 radical (unpaired) electrons. The van der Waals surface area contributed by atoms with Crippen LogP contribution in [0.1, 0.15) is 32.1 Å². The molecule has 5 rings (SSSR count). The Morgan fingerprint density at radius 1 is 1.21 bits per heavy atom. The lowest BCUT2D eigenvalue weighted by atomic mass is 9.93. The summed E-state index contributed by atoms with van der Waals surface area (Å²) in [5.41, 5.74) is 0.875. The zero-order valence-corrected chi connectivity index (χ0v) is 23.0. The molecule has 1 aliphatic heterocycles. The Bertz CT molecular complexity index is 1430. The predicted molar refractivity (Wildman–Crippen MR) is 142 cm³/mol. The van der Waals surface area contributed by atoms with Gasteiger partial charge in [0.1, 0.15) is 0 Å². The maximum atomic E-state index is 13.9. The van der Waals surface area contributed by atoms with Crippen molar-refractivity contribution in [1.82, 2.24) is 20.0 Å². The minimum Gasteiger partial charge on any atom is -0.349 e. The molecule has 0 unspecified atom stereocenters. The molecule has 1 N–H and O–H groups in total. The van der Waals surface area contributed by atoms with Crippen LogP contribution in [0.2, 0.25) is 5.02 Å². The lowest BCUT2D eigenvalue weighted by molar-refractivity contribution is -0.141. The number of hydrogen-bond acceptors (Lipinski definition) is 6. The first-order chi connectivity index (χ1) is 18.4. The summed E-state index contributed by atoms with van der Waals surface area (Å²) in [6.45, 7) is 2.92. The average Bonchev–Trinajstić information content (AvgIpc) is 3.21. The molecule has 1 aromatic carbocycles. The van der Waals surface area contributed by atoms with Gasteiger partial charge in [0.2, 0.25) is 11.8 Å². The highest BCUT2D eigenvalue weighted by atomic mass is 35.5. The molecule has 2 amide bonds. The Morgan fingerprint density at radius 3 is 2.49 bits per heavy atom. The summed E-state index contributed by atoms with van der Waals surface area (Å²) in [5, 5.41) is 5.97. The van der Waals surface area contributed by atoms with E-state index in [1.165, 1.54) is 6.07 Å². The number of likely N-dealkylation sites (tertiary alicyclic amines) is 1. The van der Waals surface area contributed by atoms with Crippen molar-refractivity contribution in [1.29, 1.82) is 0 Å². The van der Waals surface area contributed by atoms with E-state index < -0.39 is 63.2 Å². The van der Waals surface area contributed by atoms with Gasteiger partial charge in [0, 0.05) is 31.8 Å². The van der Waals surface area contributed by atoms with Crippen LogP contribution in [0.4, 0.5) is 8.78 Å². The molecule has 3 fully saturated rings. The number of nitrogens with one attached hydrogen (secondary N) is 1. The summed E-state index contributed by atoms with van der Waals surface area (Å²) in [5.74, 6) is -6.11. The Labute approximate surface area is 230 Å². The number of halogens is 3. The molecule has 39 heavy (non-hydrogen) atoms. The van der Waals surface area contributed by atoms with Crippen LogP contribution in [0.5, 0.6) is 0 Å². The van der Waals surface area contributed by atoms with Gasteiger partial charge in [-0.1, -0.05) is 17.7 Å². The first kappa shape index (κ1) is 27.7. The molecule has 2 saturated carbocycles. The lowest BCUT2D eigenvalue weighted by Crippen LogP contribution is -2.46. The molecule has 1 aromatic heterocycles. The topological polar surface area (TPSA) is 114 Å². The van der Waals surface area contributed by atoms with Crippen LogP contribution in [-0.2, 0) is 26.5 Å². The standard InChI is InChI=1S/C26H30ClF2N5O4S/c1-30-14-25(6-7-25)32-23(35)18-12-17(13-19(18)24(36)34-10-8-26(28,29)15-34)39(37,38)22-4-3-16(11-20(22)27)21-5-9-31-33(21)2/h3-5,9,11,17-19H,1,6-8,10,12-15H2,2H3,(H,32,35)/t17-,18-,19-/m1/s1. The third kappa shape index (κ3) is 5.32. The van der Waals surface area contributed by atoms with E-state index in [2.05, 4.69) is 22.1 Å². The second kappa shape index (κ2) is 9.96. The van der Waals surface area contributed by atoms with Crippen LogP contribution in [0, 0.1) is 11.8 Å². The highest BCUT2D eigenvalue weighted by molar-refractivity contribution is 7.92. The van der Waals surface area contributed by atoms with Crippen LogP contribution < -0.4 is 5.32 Å². The number of benzene rings is 1. The number of aromatic nitrogens is 2. The summed E-state index contributed by atoms with van der Waals surface area (Å²) in [4.78, 5) is 31.6. The minimum atomic E-state index is -4.06. The maximum absolute atomic E-state index is 13.9. The Hall–Kier alpha value is -2.86. The van der Waals surface area contributed by atoms with E-state index in [0.717, 1.165) is 10.6 Å². The molecule has 0 bridgehead atoms. The fourth-order valence-electron chi connectivity index (χ4n) is 5.73. The molecule has 13 heteroatoms. The number of nitrogens with zero attached hydrogens (tertiary/aromatic N) is 4. The largest absolute Gasteiger partial charge is 0.349 e. The summed E-state index contributed by atoms with van der Waals surface area (Å²) in [6.07, 6.45) is 2.27. The lowest BCUT2D eigenvalue weighted by Gasteiger charge is -2.25. The van der Waals surface area contributed by atoms with Crippen molar-refractivity contribution in [2.24, 2.45) is 23.9 Å². The minimum absolute atomic E-state index is 0.0117. The van der Waals surface area contributed by atoms with E-state index in [9.17, 15) is 26.8 Å². The Morgan fingerprint density at radius 2 is 1.92 bits per heavy atom. The fourth-order valence-corrected chi connectivity index (χ4v) is 8.11. The highest BCUT2D eigenvalue weighted by Gasteiger charge is 2.53. The quantitative estimate of drug-likeness (QED) is 0.481. The van der Waals surface area contributed by atoms with Crippen molar-refractivity contribution in [2.75, 3.05) is 19.6 Å². The van der Waals surface area contributed by atoms with E-state index in [1.54, 1.807) is 36.1 Å². The molecule has 1 saturated heterocycles. The van der Waals surface area contributed by atoms with Gasteiger partial charge in [0.15, 0.2) is 9.84 Å². The zero-order valence-electron chi connectivity index (χ0n) is 21.4. The van der Waals surface area contributed by atoms with Crippen LogP contribution in [0.25, 0.3) is 11.3 Å². The molecule has 210 valence electrons. The second-order valence-electron chi connectivity index (χ2n) is 10.9.